The molecule has 0 radical (unpaired) electrons. The molecule has 0 aliphatic heterocycles. The van der Waals surface area contributed by atoms with Crippen molar-refractivity contribution in [1.29, 1.82) is 0 Å². The van der Waals surface area contributed by atoms with Gasteiger partial charge in [-0.3, -0.25) is 20.4 Å². The smallest absolute Gasteiger partial charge is 0.271 e. The maximum atomic E-state index is 11.9. The van der Waals surface area contributed by atoms with E-state index in [2.05, 4.69) is 10.9 Å². The van der Waals surface area contributed by atoms with Crippen molar-refractivity contribution >= 4 is 46.8 Å². The van der Waals surface area contributed by atoms with E-state index in [0.29, 0.717) is 10.8 Å². The van der Waals surface area contributed by atoms with E-state index in [9.17, 15) is 9.59 Å². The predicted molar refractivity (Wildman–Crippen MR) is 93.9 cm³/mol. The summed E-state index contributed by atoms with van der Waals surface area (Å²) in [4.78, 5) is 24.8. The zero-order chi connectivity index (χ0) is 16.7. The third kappa shape index (κ3) is 5.78. The van der Waals surface area contributed by atoms with Crippen molar-refractivity contribution in [3.05, 3.63) is 64.1 Å². The highest BCUT2D eigenvalue weighted by atomic mass is 35.5. The van der Waals surface area contributed by atoms with Crippen LogP contribution in [0.1, 0.15) is 16.8 Å². The van der Waals surface area contributed by atoms with Crippen LogP contribution in [0, 0.1) is 0 Å². The second kappa shape index (κ2) is 8.82. The Morgan fingerprint density at radius 1 is 1.00 bits per heavy atom. The number of benzene rings is 2. The lowest BCUT2D eigenvalue weighted by Crippen LogP contribution is -2.41. The molecule has 0 saturated carbocycles. The van der Waals surface area contributed by atoms with Gasteiger partial charge in [0.25, 0.3) is 5.91 Å². The van der Waals surface area contributed by atoms with Crippen LogP contribution in [0.25, 0.3) is 0 Å². The number of carbonyl (C=O) groups excluding carboxylic acids is 2. The van der Waals surface area contributed by atoms with E-state index in [0.717, 1.165) is 4.90 Å². The fourth-order valence-corrected chi connectivity index (χ4v) is 2.95. The van der Waals surface area contributed by atoms with E-state index >= 15 is 0 Å². The minimum Gasteiger partial charge on any atom is -0.273 e. The molecular weight excluding hydrogens is 355 g/mol. The fraction of sp³-hybridized carbons (Fsp3) is 0.125. The van der Waals surface area contributed by atoms with Crippen LogP contribution in [-0.2, 0) is 4.79 Å². The van der Waals surface area contributed by atoms with E-state index < -0.39 is 5.91 Å². The largest absolute Gasteiger partial charge is 0.273 e. The quantitative estimate of drug-likeness (QED) is 0.620. The number of nitrogens with one attached hydrogen (secondary N) is 2. The maximum Gasteiger partial charge on any atom is 0.271 e. The van der Waals surface area contributed by atoms with E-state index in [4.69, 9.17) is 23.2 Å². The first-order valence-electron chi connectivity index (χ1n) is 6.78. The molecule has 0 fully saturated rings. The Bertz CT molecular complexity index is 696. The summed E-state index contributed by atoms with van der Waals surface area (Å²) in [5.74, 6) is -0.176. The molecule has 4 nitrogen and oxygen atoms in total. The summed E-state index contributed by atoms with van der Waals surface area (Å²) in [5.41, 5.74) is 4.89. The molecule has 0 aliphatic carbocycles. The molecule has 0 unspecified atom stereocenters. The monoisotopic (exact) mass is 368 g/mol. The standard InChI is InChI=1S/C16H14Cl2N2O2S/c17-11-6-7-14(18)13(10-11)16(22)20-19-15(21)8-9-23-12-4-2-1-3-5-12/h1-7,10H,8-9H2,(H,19,21)(H,20,22). The van der Waals surface area contributed by atoms with Gasteiger partial charge >= 0.3 is 0 Å². The topological polar surface area (TPSA) is 58.2 Å². The van der Waals surface area contributed by atoms with Crippen molar-refractivity contribution in [3.63, 3.8) is 0 Å². The fourth-order valence-electron chi connectivity index (χ4n) is 1.71. The van der Waals surface area contributed by atoms with Crippen molar-refractivity contribution in [2.75, 3.05) is 5.75 Å². The average molecular weight is 369 g/mol. The molecule has 7 heteroatoms. The summed E-state index contributed by atoms with van der Waals surface area (Å²) in [7, 11) is 0. The molecule has 2 rings (SSSR count). The Labute approximate surface area is 148 Å². The predicted octanol–water partition coefficient (Wildman–Crippen LogP) is 3.94. The van der Waals surface area contributed by atoms with Crippen LogP contribution in [0.15, 0.2) is 53.4 Å². The molecule has 0 saturated heterocycles. The Balaban J connectivity index is 1.75. The number of thioether (sulfide) groups is 1. The highest BCUT2D eigenvalue weighted by Crippen LogP contribution is 2.20. The normalized spacial score (nSPS) is 10.2. The minimum atomic E-state index is -0.512. The van der Waals surface area contributed by atoms with E-state index in [1.165, 1.54) is 12.1 Å². The van der Waals surface area contributed by atoms with Crippen LogP contribution >= 0.6 is 35.0 Å². The summed E-state index contributed by atoms with van der Waals surface area (Å²) in [5, 5.41) is 0.658. The van der Waals surface area contributed by atoms with Crippen LogP contribution < -0.4 is 10.9 Å². The number of hydrogen-bond acceptors (Lipinski definition) is 3. The lowest BCUT2D eigenvalue weighted by Gasteiger charge is -2.08. The third-order valence-corrected chi connectivity index (χ3v) is 4.41. The van der Waals surface area contributed by atoms with Gasteiger partial charge in [0.15, 0.2) is 0 Å². The van der Waals surface area contributed by atoms with Gasteiger partial charge in [0.2, 0.25) is 5.91 Å². The number of rotatable bonds is 5. The molecule has 120 valence electrons. The molecule has 0 heterocycles. The number of amides is 2. The van der Waals surface area contributed by atoms with Crippen molar-refractivity contribution < 1.29 is 9.59 Å². The van der Waals surface area contributed by atoms with Gasteiger partial charge in [-0.2, -0.15) is 0 Å². The van der Waals surface area contributed by atoms with Crippen molar-refractivity contribution in [2.24, 2.45) is 0 Å². The molecule has 0 aliphatic rings. The van der Waals surface area contributed by atoms with Gasteiger partial charge < -0.3 is 0 Å². The molecule has 0 atom stereocenters. The van der Waals surface area contributed by atoms with Gasteiger partial charge in [-0.05, 0) is 30.3 Å². The molecule has 0 aromatic heterocycles. The van der Waals surface area contributed by atoms with Gasteiger partial charge in [0, 0.05) is 22.1 Å². The molecule has 2 N–H and O–H groups in total. The Hall–Kier alpha value is -1.69. The third-order valence-electron chi connectivity index (χ3n) is 2.83. The highest BCUT2D eigenvalue weighted by Gasteiger charge is 2.12. The summed E-state index contributed by atoms with van der Waals surface area (Å²) in [6.07, 6.45) is 0.281. The first-order valence-corrected chi connectivity index (χ1v) is 8.52. The molecule has 2 aromatic rings. The number of hydrazine groups is 1. The lowest BCUT2D eigenvalue weighted by atomic mass is 10.2. The number of carbonyl (C=O) groups is 2. The first-order chi connectivity index (χ1) is 11.1. The maximum absolute atomic E-state index is 11.9. The van der Waals surface area contributed by atoms with Crippen LogP contribution in [0.5, 0.6) is 0 Å². The molecule has 2 amide bonds. The lowest BCUT2D eigenvalue weighted by molar-refractivity contribution is -0.121. The van der Waals surface area contributed by atoms with Gasteiger partial charge in [-0.1, -0.05) is 41.4 Å². The highest BCUT2D eigenvalue weighted by molar-refractivity contribution is 7.99. The van der Waals surface area contributed by atoms with Gasteiger partial charge in [0.1, 0.15) is 0 Å². The Kier molecular flexibility index (Phi) is 6.77. The van der Waals surface area contributed by atoms with E-state index in [1.54, 1.807) is 17.8 Å². The number of hydrogen-bond donors (Lipinski definition) is 2. The van der Waals surface area contributed by atoms with E-state index in [1.807, 2.05) is 30.3 Å². The second-order valence-electron chi connectivity index (χ2n) is 4.54. The summed E-state index contributed by atoms with van der Waals surface area (Å²) in [6.45, 7) is 0. The van der Waals surface area contributed by atoms with Crippen molar-refractivity contribution in [3.8, 4) is 0 Å². The average Bonchev–Trinajstić information content (AvgIpc) is 2.56. The SMILES string of the molecule is O=C(CCSc1ccccc1)NNC(=O)c1cc(Cl)ccc1Cl. The Morgan fingerprint density at radius 2 is 1.74 bits per heavy atom. The molecule has 0 spiro atoms. The first kappa shape index (κ1) is 17.7. The molecular formula is C16H14Cl2N2O2S. The van der Waals surface area contributed by atoms with Crippen molar-refractivity contribution in [1.82, 2.24) is 10.9 Å². The summed E-state index contributed by atoms with van der Waals surface area (Å²) >= 11 is 13.3. The minimum absolute atomic E-state index is 0.207. The molecule has 0 bridgehead atoms. The van der Waals surface area contributed by atoms with Crippen LogP contribution in [0.4, 0.5) is 0 Å². The number of halogens is 2. The van der Waals surface area contributed by atoms with Crippen molar-refractivity contribution in [2.45, 2.75) is 11.3 Å². The molecule has 2 aromatic carbocycles. The van der Waals surface area contributed by atoms with Gasteiger partial charge in [-0.25, -0.2) is 0 Å². The van der Waals surface area contributed by atoms with Crippen LogP contribution in [0.2, 0.25) is 10.0 Å². The summed E-state index contributed by atoms with van der Waals surface area (Å²) < 4.78 is 0. The second-order valence-corrected chi connectivity index (χ2v) is 6.55. The van der Waals surface area contributed by atoms with Crippen LogP contribution in [0.3, 0.4) is 0 Å². The van der Waals surface area contributed by atoms with Gasteiger partial charge in [0.05, 0.1) is 10.6 Å². The molecule has 23 heavy (non-hydrogen) atoms. The zero-order valence-electron chi connectivity index (χ0n) is 12.0. The van der Waals surface area contributed by atoms with Gasteiger partial charge in [-0.15, -0.1) is 11.8 Å². The Morgan fingerprint density at radius 3 is 2.48 bits per heavy atom. The van der Waals surface area contributed by atoms with Crippen LogP contribution in [-0.4, -0.2) is 17.6 Å². The van der Waals surface area contributed by atoms with E-state index in [-0.39, 0.29) is 22.9 Å². The zero-order valence-corrected chi connectivity index (χ0v) is 14.3. The summed E-state index contributed by atoms with van der Waals surface area (Å²) in [6, 6.07) is 14.3.